The van der Waals surface area contributed by atoms with Gasteiger partial charge in [0.1, 0.15) is 0 Å². The van der Waals surface area contributed by atoms with E-state index in [1.807, 2.05) is 0 Å². The molecule has 0 aliphatic rings. The maximum absolute atomic E-state index is 11.0. The first-order valence-corrected chi connectivity index (χ1v) is 5.60. The lowest BCUT2D eigenvalue weighted by Crippen LogP contribution is -2.03. The number of hydrogen-bond acceptors (Lipinski definition) is 3. The van der Waals surface area contributed by atoms with Crippen LogP contribution in [0.2, 0.25) is 0 Å². The highest BCUT2D eigenvalue weighted by Crippen LogP contribution is 2.10. The number of carbonyl (C=O) groups is 2. The fourth-order valence-electron chi connectivity index (χ4n) is 1.53. The van der Waals surface area contributed by atoms with Crippen molar-refractivity contribution in [3.8, 4) is 11.8 Å². The van der Waals surface area contributed by atoms with Gasteiger partial charge >= 0.3 is 11.9 Å². The Kier molecular flexibility index (Phi) is 3.77. The molecule has 20 heavy (non-hydrogen) atoms. The maximum atomic E-state index is 11.0. The van der Waals surface area contributed by atoms with E-state index in [2.05, 4.69) is 16.8 Å². The van der Waals surface area contributed by atoms with Crippen LogP contribution in [0.25, 0.3) is 0 Å². The quantitative estimate of drug-likeness (QED) is 0.811. The second-order valence-corrected chi connectivity index (χ2v) is 3.90. The third kappa shape index (κ3) is 3.21. The van der Waals surface area contributed by atoms with Gasteiger partial charge in [-0.2, -0.15) is 0 Å². The van der Waals surface area contributed by atoms with Crippen LogP contribution in [0.1, 0.15) is 31.8 Å². The van der Waals surface area contributed by atoms with Crippen LogP contribution >= 0.6 is 0 Å². The number of benzene rings is 1. The van der Waals surface area contributed by atoms with E-state index in [0.717, 1.165) is 6.07 Å². The highest BCUT2D eigenvalue weighted by molar-refractivity contribution is 5.94. The summed E-state index contributed by atoms with van der Waals surface area (Å²) in [5.74, 6) is 3.18. The van der Waals surface area contributed by atoms with E-state index in [1.54, 1.807) is 24.5 Å². The van der Waals surface area contributed by atoms with E-state index >= 15 is 0 Å². The molecule has 0 fully saturated rings. The SMILES string of the molecule is O=C(O)c1cc(C#Cc2ccncc2)cc(C(=O)O)c1. The number of aromatic nitrogens is 1. The summed E-state index contributed by atoms with van der Waals surface area (Å²) in [5.41, 5.74) is 0.824. The van der Waals surface area contributed by atoms with Gasteiger partial charge in [0, 0.05) is 23.5 Å². The van der Waals surface area contributed by atoms with Gasteiger partial charge in [0.2, 0.25) is 0 Å². The summed E-state index contributed by atoms with van der Waals surface area (Å²) < 4.78 is 0. The van der Waals surface area contributed by atoms with Crippen LogP contribution in [-0.2, 0) is 0 Å². The summed E-state index contributed by atoms with van der Waals surface area (Å²) in [6.07, 6.45) is 3.17. The maximum Gasteiger partial charge on any atom is 0.335 e. The summed E-state index contributed by atoms with van der Waals surface area (Å²) in [4.78, 5) is 25.8. The number of aromatic carboxylic acids is 2. The number of carboxylic acids is 2. The molecular weight excluding hydrogens is 258 g/mol. The van der Waals surface area contributed by atoms with Crippen LogP contribution in [0, 0.1) is 11.8 Å². The molecule has 0 aliphatic heterocycles. The molecule has 1 heterocycles. The molecule has 5 nitrogen and oxygen atoms in total. The predicted molar refractivity (Wildman–Crippen MR) is 70.6 cm³/mol. The minimum absolute atomic E-state index is 0.107. The van der Waals surface area contributed by atoms with Gasteiger partial charge in [0.05, 0.1) is 11.1 Å². The zero-order valence-electron chi connectivity index (χ0n) is 10.2. The summed E-state index contributed by atoms with van der Waals surface area (Å²) >= 11 is 0. The molecule has 2 N–H and O–H groups in total. The second kappa shape index (κ2) is 5.67. The molecule has 0 radical (unpaired) electrons. The Labute approximate surface area is 114 Å². The van der Waals surface area contributed by atoms with Crippen molar-refractivity contribution < 1.29 is 19.8 Å². The molecule has 0 spiro atoms. The zero-order chi connectivity index (χ0) is 14.5. The van der Waals surface area contributed by atoms with E-state index in [4.69, 9.17) is 10.2 Å². The van der Waals surface area contributed by atoms with Gasteiger partial charge in [-0.3, -0.25) is 4.98 Å². The molecule has 0 unspecified atom stereocenters. The zero-order valence-corrected chi connectivity index (χ0v) is 10.2. The van der Waals surface area contributed by atoms with Crippen molar-refractivity contribution in [2.75, 3.05) is 0 Å². The Balaban J connectivity index is 2.44. The molecule has 1 aromatic carbocycles. The summed E-state index contributed by atoms with van der Waals surface area (Å²) in [6.45, 7) is 0. The third-order valence-corrected chi connectivity index (χ3v) is 2.46. The molecule has 2 aromatic rings. The molecule has 5 heteroatoms. The average molecular weight is 267 g/mol. The molecule has 0 aliphatic carbocycles. The summed E-state index contributed by atoms with van der Waals surface area (Å²) in [7, 11) is 0. The van der Waals surface area contributed by atoms with Crippen molar-refractivity contribution in [2.45, 2.75) is 0 Å². The molecule has 0 amide bonds. The monoisotopic (exact) mass is 267 g/mol. The highest BCUT2D eigenvalue weighted by Gasteiger charge is 2.10. The van der Waals surface area contributed by atoms with Crippen molar-refractivity contribution in [3.63, 3.8) is 0 Å². The smallest absolute Gasteiger partial charge is 0.335 e. The minimum Gasteiger partial charge on any atom is -0.478 e. The van der Waals surface area contributed by atoms with Crippen molar-refractivity contribution in [3.05, 3.63) is 65.0 Å². The first kappa shape index (κ1) is 13.3. The predicted octanol–water partition coefficient (Wildman–Crippen LogP) is 1.88. The van der Waals surface area contributed by atoms with Gasteiger partial charge in [-0.1, -0.05) is 11.8 Å². The van der Waals surface area contributed by atoms with Crippen molar-refractivity contribution in [1.29, 1.82) is 0 Å². The summed E-state index contributed by atoms with van der Waals surface area (Å²) in [6, 6.07) is 7.17. The number of hydrogen-bond donors (Lipinski definition) is 2. The molecule has 98 valence electrons. The molecular formula is C15H9NO4. The van der Waals surface area contributed by atoms with Gasteiger partial charge in [-0.05, 0) is 30.3 Å². The van der Waals surface area contributed by atoms with Crippen LogP contribution in [0.5, 0.6) is 0 Å². The normalized spacial score (nSPS) is 9.40. The van der Waals surface area contributed by atoms with Crippen LogP contribution in [-0.4, -0.2) is 27.1 Å². The first-order chi connectivity index (χ1) is 9.56. The number of rotatable bonds is 2. The third-order valence-electron chi connectivity index (χ3n) is 2.46. The van der Waals surface area contributed by atoms with Gasteiger partial charge in [0.25, 0.3) is 0 Å². The lowest BCUT2D eigenvalue weighted by molar-refractivity contribution is 0.0696. The van der Waals surface area contributed by atoms with Gasteiger partial charge in [-0.15, -0.1) is 0 Å². The van der Waals surface area contributed by atoms with E-state index in [0.29, 0.717) is 11.1 Å². The van der Waals surface area contributed by atoms with E-state index in [1.165, 1.54) is 12.1 Å². The van der Waals surface area contributed by atoms with Crippen molar-refractivity contribution in [1.82, 2.24) is 4.98 Å². The van der Waals surface area contributed by atoms with Crippen molar-refractivity contribution >= 4 is 11.9 Å². The number of nitrogens with zero attached hydrogens (tertiary/aromatic N) is 1. The van der Waals surface area contributed by atoms with Crippen LogP contribution in [0.4, 0.5) is 0 Å². The first-order valence-electron chi connectivity index (χ1n) is 5.60. The fourth-order valence-corrected chi connectivity index (χ4v) is 1.53. The van der Waals surface area contributed by atoms with Crippen LogP contribution < -0.4 is 0 Å². The molecule has 0 atom stereocenters. The average Bonchev–Trinajstić information content (AvgIpc) is 2.45. The molecule has 0 bridgehead atoms. The molecule has 0 saturated heterocycles. The lowest BCUT2D eigenvalue weighted by Gasteiger charge is -2.00. The Morgan fingerprint density at radius 3 is 1.85 bits per heavy atom. The van der Waals surface area contributed by atoms with E-state index in [-0.39, 0.29) is 11.1 Å². The largest absolute Gasteiger partial charge is 0.478 e. The Morgan fingerprint density at radius 2 is 1.35 bits per heavy atom. The second-order valence-electron chi connectivity index (χ2n) is 3.90. The Hall–Kier alpha value is -3.13. The molecule has 0 saturated carbocycles. The van der Waals surface area contributed by atoms with E-state index in [9.17, 15) is 9.59 Å². The molecule has 1 aromatic heterocycles. The standard InChI is InChI=1S/C15H9NO4/c17-14(18)12-7-11(8-13(9-12)15(19)20)2-1-10-3-5-16-6-4-10/h3-9H,(H,17,18)(H,19,20). The van der Waals surface area contributed by atoms with Gasteiger partial charge in [-0.25, -0.2) is 9.59 Å². The Bertz CT molecular complexity index is 694. The van der Waals surface area contributed by atoms with Crippen LogP contribution in [0.3, 0.4) is 0 Å². The number of pyridine rings is 1. The summed E-state index contributed by atoms with van der Waals surface area (Å²) in [5, 5.41) is 17.9. The van der Waals surface area contributed by atoms with E-state index < -0.39 is 11.9 Å². The van der Waals surface area contributed by atoms with Gasteiger partial charge in [0.15, 0.2) is 0 Å². The van der Waals surface area contributed by atoms with Crippen LogP contribution in [0.15, 0.2) is 42.7 Å². The Morgan fingerprint density at radius 1 is 0.850 bits per heavy atom. The topological polar surface area (TPSA) is 87.5 Å². The highest BCUT2D eigenvalue weighted by atomic mass is 16.4. The van der Waals surface area contributed by atoms with Gasteiger partial charge < -0.3 is 10.2 Å². The molecule has 2 rings (SSSR count). The minimum atomic E-state index is -1.19. The number of carboxylic acid groups (broad SMARTS) is 2. The fraction of sp³-hybridized carbons (Fsp3) is 0. The lowest BCUT2D eigenvalue weighted by atomic mass is 10.1. The van der Waals surface area contributed by atoms with Crippen molar-refractivity contribution in [2.24, 2.45) is 0 Å².